The second kappa shape index (κ2) is 3.23. The summed E-state index contributed by atoms with van der Waals surface area (Å²) in [5.74, 6) is -0.328. The average Bonchev–Trinajstić information content (AvgIpc) is 2.03. The van der Waals surface area contributed by atoms with Crippen molar-refractivity contribution in [2.45, 2.75) is 6.92 Å². The summed E-state index contributed by atoms with van der Waals surface area (Å²) >= 11 is 0. The van der Waals surface area contributed by atoms with Crippen molar-refractivity contribution in [3.63, 3.8) is 0 Å². The van der Waals surface area contributed by atoms with Gasteiger partial charge in [-0.1, -0.05) is 0 Å². The Bertz CT molecular complexity index is 281. The first-order valence-electron chi connectivity index (χ1n) is 3.28. The molecule has 0 spiro atoms. The van der Waals surface area contributed by atoms with Gasteiger partial charge in [-0.3, -0.25) is 9.98 Å². The van der Waals surface area contributed by atoms with Gasteiger partial charge in [0.2, 0.25) is 0 Å². The molecule has 0 radical (unpaired) electrons. The Labute approximate surface area is 64.8 Å². The Morgan fingerprint density at radius 2 is 2.27 bits per heavy atom. The Balaban J connectivity index is 3.06. The van der Waals surface area contributed by atoms with Crippen molar-refractivity contribution >= 4 is 5.71 Å². The molecule has 0 aliphatic rings. The Morgan fingerprint density at radius 1 is 1.55 bits per heavy atom. The first kappa shape index (κ1) is 7.85. The third-order valence-electron chi connectivity index (χ3n) is 1.46. The van der Waals surface area contributed by atoms with Crippen LogP contribution < -0.4 is 0 Å². The molecular weight excluding hydrogens is 143 g/mol. The maximum Gasteiger partial charge on any atom is 0.142 e. The average molecular weight is 152 g/mol. The monoisotopic (exact) mass is 152 g/mol. The van der Waals surface area contributed by atoms with Crippen molar-refractivity contribution < 1.29 is 4.39 Å². The van der Waals surface area contributed by atoms with E-state index in [2.05, 4.69) is 9.98 Å². The quantitative estimate of drug-likeness (QED) is 0.562. The van der Waals surface area contributed by atoms with Crippen molar-refractivity contribution in [3.8, 4) is 0 Å². The highest BCUT2D eigenvalue weighted by Gasteiger charge is 1.97. The van der Waals surface area contributed by atoms with Gasteiger partial charge in [0, 0.05) is 24.5 Å². The van der Waals surface area contributed by atoms with Gasteiger partial charge in [-0.25, -0.2) is 4.39 Å². The summed E-state index contributed by atoms with van der Waals surface area (Å²) in [6, 6.07) is 1.41. The summed E-state index contributed by atoms with van der Waals surface area (Å²) in [7, 11) is 1.67. The zero-order valence-electron chi connectivity index (χ0n) is 6.50. The lowest BCUT2D eigenvalue weighted by Gasteiger charge is -1.96. The van der Waals surface area contributed by atoms with E-state index >= 15 is 0 Å². The third kappa shape index (κ3) is 1.83. The van der Waals surface area contributed by atoms with Gasteiger partial charge in [-0.2, -0.15) is 0 Å². The number of hydrogen-bond donors (Lipinski definition) is 0. The molecule has 2 nitrogen and oxygen atoms in total. The van der Waals surface area contributed by atoms with E-state index in [1.807, 2.05) is 6.92 Å². The molecule has 0 aliphatic carbocycles. The van der Waals surface area contributed by atoms with E-state index in [0.717, 1.165) is 11.3 Å². The van der Waals surface area contributed by atoms with Crippen molar-refractivity contribution in [2.24, 2.45) is 4.99 Å². The summed E-state index contributed by atoms with van der Waals surface area (Å²) in [5.41, 5.74) is 1.52. The fraction of sp³-hybridized carbons (Fsp3) is 0.250. The van der Waals surface area contributed by atoms with Gasteiger partial charge < -0.3 is 0 Å². The molecule has 11 heavy (non-hydrogen) atoms. The highest BCUT2D eigenvalue weighted by atomic mass is 19.1. The fourth-order valence-electron chi connectivity index (χ4n) is 0.739. The van der Waals surface area contributed by atoms with Gasteiger partial charge in [-0.05, 0) is 13.0 Å². The second-order valence-corrected chi connectivity index (χ2v) is 2.20. The van der Waals surface area contributed by atoms with Gasteiger partial charge in [-0.15, -0.1) is 0 Å². The smallest absolute Gasteiger partial charge is 0.142 e. The standard InChI is InChI=1S/C8H9FN2/c1-6(10-2)7-3-8(9)5-11-4-7/h3-5H,1-2H3/b10-6+. The van der Waals surface area contributed by atoms with Gasteiger partial charge in [0.1, 0.15) is 5.82 Å². The number of halogens is 1. The summed E-state index contributed by atoms with van der Waals surface area (Å²) < 4.78 is 12.5. The number of pyridine rings is 1. The molecule has 1 aromatic heterocycles. The third-order valence-corrected chi connectivity index (χ3v) is 1.46. The van der Waals surface area contributed by atoms with Crippen LogP contribution in [0, 0.1) is 5.82 Å². The van der Waals surface area contributed by atoms with Gasteiger partial charge >= 0.3 is 0 Å². The van der Waals surface area contributed by atoms with Crippen LogP contribution >= 0.6 is 0 Å². The van der Waals surface area contributed by atoms with Crippen molar-refractivity contribution in [1.29, 1.82) is 0 Å². The molecule has 0 unspecified atom stereocenters. The number of aliphatic imine (C=N–C) groups is 1. The normalized spacial score (nSPS) is 11.7. The molecule has 0 saturated carbocycles. The summed E-state index contributed by atoms with van der Waals surface area (Å²) in [6.07, 6.45) is 2.76. The second-order valence-electron chi connectivity index (χ2n) is 2.20. The van der Waals surface area contributed by atoms with Crippen LogP contribution in [0.15, 0.2) is 23.5 Å². The van der Waals surface area contributed by atoms with Crippen molar-refractivity contribution in [2.75, 3.05) is 7.05 Å². The largest absolute Gasteiger partial charge is 0.293 e. The van der Waals surface area contributed by atoms with Crippen LogP contribution in [0.1, 0.15) is 12.5 Å². The Morgan fingerprint density at radius 3 is 2.82 bits per heavy atom. The number of aromatic nitrogens is 1. The van der Waals surface area contributed by atoms with E-state index < -0.39 is 0 Å². The number of rotatable bonds is 1. The molecule has 3 heteroatoms. The molecule has 1 rings (SSSR count). The molecule has 58 valence electrons. The van der Waals surface area contributed by atoms with Crippen molar-refractivity contribution in [3.05, 3.63) is 29.8 Å². The minimum atomic E-state index is -0.328. The molecule has 0 bridgehead atoms. The zero-order chi connectivity index (χ0) is 8.27. The van der Waals surface area contributed by atoms with E-state index in [1.54, 1.807) is 13.2 Å². The minimum absolute atomic E-state index is 0.328. The number of hydrogen-bond acceptors (Lipinski definition) is 2. The molecule has 1 aromatic rings. The molecule has 0 N–H and O–H groups in total. The van der Waals surface area contributed by atoms with Crippen LogP contribution in [0.2, 0.25) is 0 Å². The Hall–Kier alpha value is -1.25. The Kier molecular flexibility index (Phi) is 2.31. The maximum atomic E-state index is 12.5. The molecule has 0 aliphatic heterocycles. The molecule has 0 fully saturated rings. The highest BCUT2D eigenvalue weighted by molar-refractivity contribution is 5.98. The maximum absolute atomic E-state index is 12.5. The van der Waals surface area contributed by atoms with Crippen LogP contribution in [0.5, 0.6) is 0 Å². The first-order valence-corrected chi connectivity index (χ1v) is 3.28. The van der Waals surface area contributed by atoms with Gasteiger partial charge in [0.25, 0.3) is 0 Å². The van der Waals surface area contributed by atoms with Crippen molar-refractivity contribution in [1.82, 2.24) is 4.98 Å². The molecular formula is C8H9FN2. The summed E-state index contributed by atoms with van der Waals surface area (Å²) in [6.45, 7) is 1.82. The van der Waals surface area contributed by atoms with Crippen LogP contribution in [0.25, 0.3) is 0 Å². The lowest BCUT2D eigenvalue weighted by Crippen LogP contribution is -1.95. The molecule has 1 heterocycles. The van der Waals surface area contributed by atoms with Crippen LogP contribution in [-0.4, -0.2) is 17.7 Å². The van der Waals surface area contributed by atoms with E-state index in [1.165, 1.54) is 12.3 Å². The van der Waals surface area contributed by atoms with E-state index in [-0.39, 0.29) is 5.82 Å². The summed E-state index contributed by atoms with van der Waals surface area (Å²) in [4.78, 5) is 7.61. The lowest BCUT2D eigenvalue weighted by molar-refractivity contribution is 0.621. The SMILES string of the molecule is C/N=C(\C)c1cncc(F)c1. The van der Waals surface area contributed by atoms with Crippen LogP contribution in [0.4, 0.5) is 4.39 Å². The molecule has 0 amide bonds. The van der Waals surface area contributed by atoms with Crippen LogP contribution in [0.3, 0.4) is 0 Å². The minimum Gasteiger partial charge on any atom is -0.293 e. The predicted octanol–water partition coefficient (Wildman–Crippen LogP) is 1.66. The van der Waals surface area contributed by atoms with E-state index in [0.29, 0.717) is 0 Å². The topological polar surface area (TPSA) is 25.2 Å². The molecule has 0 aromatic carbocycles. The predicted molar refractivity (Wildman–Crippen MR) is 42.3 cm³/mol. The molecule has 0 saturated heterocycles. The van der Waals surface area contributed by atoms with Crippen LogP contribution in [-0.2, 0) is 0 Å². The first-order chi connectivity index (χ1) is 5.24. The van der Waals surface area contributed by atoms with E-state index in [4.69, 9.17) is 0 Å². The van der Waals surface area contributed by atoms with Gasteiger partial charge in [0.05, 0.1) is 6.20 Å². The highest BCUT2D eigenvalue weighted by Crippen LogP contribution is 2.01. The van der Waals surface area contributed by atoms with E-state index in [9.17, 15) is 4.39 Å². The fourth-order valence-corrected chi connectivity index (χ4v) is 0.739. The lowest BCUT2D eigenvalue weighted by atomic mass is 10.2. The number of nitrogens with zero attached hydrogens (tertiary/aromatic N) is 2. The van der Waals surface area contributed by atoms with Gasteiger partial charge in [0.15, 0.2) is 0 Å². The zero-order valence-corrected chi connectivity index (χ0v) is 6.50. The summed E-state index contributed by atoms with van der Waals surface area (Å²) in [5, 5.41) is 0. The molecule has 0 atom stereocenters.